The molecule has 100 valence electrons. The van der Waals surface area contributed by atoms with Gasteiger partial charge in [0.25, 0.3) is 0 Å². The summed E-state index contributed by atoms with van der Waals surface area (Å²) in [4.78, 5) is 11.5. The third-order valence-corrected chi connectivity index (χ3v) is 2.67. The highest BCUT2D eigenvalue weighted by Gasteiger charge is 2.19. The van der Waals surface area contributed by atoms with Gasteiger partial charge >= 0.3 is 5.97 Å². The Balaban J connectivity index is 2.48. The van der Waals surface area contributed by atoms with Crippen LogP contribution in [-0.4, -0.2) is 34.7 Å². The van der Waals surface area contributed by atoms with Gasteiger partial charge in [-0.1, -0.05) is 17.3 Å². The van der Waals surface area contributed by atoms with E-state index in [1.54, 1.807) is 11.6 Å². The lowest BCUT2D eigenvalue weighted by Gasteiger charge is -2.10. The molecule has 19 heavy (non-hydrogen) atoms. The molecule has 0 radical (unpaired) electrons. The first-order valence-corrected chi connectivity index (χ1v) is 5.91. The van der Waals surface area contributed by atoms with Crippen molar-refractivity contribution >= 4 is 5.97 Å². The molecule has 2 rings (SSSR count). The van der Waals surface area contributed by atoms with Crippen LogP contribution in [0.25, 0.3) is 5.69 Å². The zero-order chi connectivity index (χ0) is 13.8. The minimum Gasteiger partial charge on any atom is -0.492 e. The van der Waals surface area contributed by atoms with Crippen LogP contribution in [0.3, 0.4) is 0 Å². The zero-order valence-corrected chi connectivity index (χ0v) is 11.1. The lowest BCUT2D eigenvalue weighted by atomic mass is 10.2. The van der Waals surface area contributed by atoms with E-state index in [0.717, 1.165) is 5.69 Å². The monoisotopic (exact) mass is 261 g/mol. The summed E-state index contributed by atoms with van der Waals surface area (Å²) in [5, 5.41) is 7.83. The van der Waals surface area contributed by atoms with E-state index in [4.69, 9.17) is 4.74 Å². The van der Waals surface area contributed by atoms with Crippen LogP contribution in [-0.2, 0) is 4.74 Å². The molecule has 1 aromatic heterocycles. The van der Waals surface area contributed by atoms with Gasteiger partial charge in [-0.2, -0.15) is 0 Å². The number of aromatic nitrogens is 3. The van der Waals surface area contributed by atoms with Gasteiger partial charge in [0.15, 0.2) is 5.69 Å². The minimum atomic E-state index is -0.502. The molecule has 6 heteroatoms. The molecule has 0 bridgehead atoms. The van der Waals surface area contributed by atoms with Crippen LogP contribution in [0.1, 0.15) is 23.1 Å². The quantitative estimate of drug-likeness (QED) is 0.784. The van der Waals surface area contributed by atoms with Crippen molar-refractivity contribution in [2.45, 2.75) is 13.8 Å². The fourth-order valence-electron chi connectivity index (χ4n) is 1.75. The van der Waals surface area contributed by atoms with Gasteiger partial charge in [0.2, 0.25) is 0 Å². The van der Waals surface area contributed by atoms with Crippen molar-refractivity contribution in [3.63, 3.8) is 0 Å². The average Bonchev–Trinajstić information content (AvgIpc) is 2.81. The predicted molar refractivity (Wildman–Crippen MR) is 68.6 cm³/mol. The molecule has 0 fully saturated rings. The van der Waals surface area contributed by atoms with E-state index in [-0.39, 0.29) is 5.69 Å². The number of carbonyl (C=O) groups excluding carboxylic acids is 1. The highest BCUT2D eigenvalue weighted by molar-refractivity contribution is 5.88. The van der Waals surface area contributed by atoms with Crippen LogP contribution >= 0.6 is 0 Å². The molecule has 1 aromatic carbocycles. The summed E-state index contributed by atoms with van der Waals surface area (Å²) in [6, 6.07) is 7.45. The summed E-state index contributed by atoms with van der Waals surface area (Å²) in [6.07, 6.45) is 0. The fraction of sp³-hybridized carbons (Fsp3) is 0.308. The standard InChI is InChI=1S/C13H15N3O3/c1-4-19-11-8-6-5-7-10(11)16-9(2)12(14-15-16)13(17)18-3/h5-8H,4H2,1-3H3. The Morgan fingerprint density at radius 1 is 1.37 bits per heavy atom. The van der Waals surface area contributed by atoms with Crippen LogP contribution in [0.15, 0.2) is 24.3 Å². The van der Waals surface area contributed by atoms with Crippen LogP contribution in [0.4, 0.5) is 0 Å². The molecule has 0 spiro atoms. The normalized spacial score (nSPS) is 10.3. The molecule has 0 aliphatic carbocycles. The van der Waals surface area contributed by atoms with E-state index in [1.165, 1.54) is 7.11 Å². The van der Waals surface area contributed by atoms with Crippen LogP contribution in [0.5, 0.6) is 5.75 Å². The number of nitrogens with zero attached hydrogens (tertiary/aromatic N) is 3. The van der Waals surface area contributed by atoms with Gasteiger partial charge in [0, 0.05) is 0 Å². The second kappa shape index (κ2) is 5.51. The summed E-state index contributed by atoms with van der Waals surface area (Å²) in [5.41, 5.74) is 1.55. The van der Waals surface area contributed by atoms with Gasteiger partial charge in [-0.25, -0.2) is 9.48 Å². The third kappa shape index (κ3) is 2.42. The first kappa shape index (κ1) is 13.1. The predicted octanol–water partition coefficient (Wildman–Crippen LogP) is 1.76. The highest BCUT2D eigenvalue weighted by Crippen LogP contribution is 2.23. The van der Waals surface area contributed by atoms with Gasteiger partial charge in [0.1, 0.15) is 11.4 Å². The summed E-state index contributed by atoms with van der Waals surface area (Å²) >= 11 is 0. The molecule has 0 amide bonds. The maximum Gasteiger partial charge on any atom is 0.360 e. The van der Waals surface area contributed by atoms with E-state index in [2.05, 4.69) is 15.0 Å². The molecular formula is C13H15N3O3. The summed E-state index contributed by atoms with van der Waals surface area (Å²) < 4.78 is 11.8. The Labute approximate surface area is 110 Å². The van der Waals surface area contributed by atoms with Crippen molar-refractivity contribution < 1.29 is 14.3 Å². The number of rotatable bonds is 4. The van der Waals surface area contributed by atoms with E-state index < -0.39 is 5.97 Å². The lowest BCUT2D eigenvalue weighted by molar-refractivity contribution is 0.0593. The number of para-hydroxylation sites is 2. The number of hydrogen-bond donors (Lipinski definition) is 0. The maximum atomic E-state index is 11.5. The molecule has 1 heterocycles. The van der Waals surface area contributed by atoms with Crippen molar-refractivity contribution in [1.29, 1.82) is 0 Å². The van der Waals surface area contributed by atoms with Crippen molar-refractivity contribution in [3.8, 4) is 11.4 Å². The number of carbonyl (C=O) groups is 1. The number of methoxy groups -OCH3 is 1. The average molecular weight is 261 g/mol. The Kier molecular flexibility index (Phi) is 3.79. The summed E-state index contributed by atoms with van der Waals surface area (Å²) in [7, 11) is 1.31. The smallest absolute Gasteiger partial charge is 0.360 e. The van der Waals surface area contributed by atoms with Crippen molar-refractivity contribution in [1.82, 2.24) is 15.0 Å². The summed E-state index contributed by atoms with van der Waals surface area (Å²) in [6.45, 7) is 4.22. The molecule has 0 saturated heterocycles. The van der Waals surface area contributed by atoms with E-state index in [0.29, 0.717) is 18.1 Å². The largest absolute Gasteiger partial charge is 0.492 e. The Morgan fingerprint density at radius 2 is 2.11 bits per heavy atom. The Hall–Kier alpha value is -2.37. The molecule has 0 atom stereocenters. The van der Waals surface area contributed by atoms with Crippen molar-refractivity contribution in [3.05, 3.63) is 35.7 Å². The fourth-order valence-corrected chi connectivity index (χ4v) is 1.75. The Morgan fingerprint density at radius 3 is 2.79 bits per heavy atom. The van der Waals surface area contributed by atoms with Crippen LogP contribution < -0.4 is 4.74 Å². The first-order chi connectivity index (χ1) is 9.19. The molecular weight excluding hydrogens is 246 g/mol. The number of hydrogen-bond acceptors (Lipinski definition) is 5. The molecule has 2 aromatic rings. The molecule has 6 nitrogen and oxygen atoms in total. The van der Waals surface area contributed by atoms with Gasteiger partial charge in [-0.15, -0.1) is 5.10 Å². The first-order valence-electron chi connectivity index (χ1n) is 5.91. The lowest BCUT2D eigenvalue weighted by Crippen LogP contribution is -2.06. The van der Waals surface area contributed by atoms with Crippen LogP contribution in [0.2, 0.25) is 0 Å². The van der Waals surface area contributed by atoms with Crippen molar-refractivity contribution in [2.24, 2.45) is 0 Å². The van der Waals surface area contributed by atoms with Gasteiger partial charge in [-0.3, -0.25) is 0 Å². The SMILES string of the molecule is CCOc1ccccc1-n1nnc(C(=O)OC)c1C. The number of ether oxygens (including phenoxy) is 2. The van der Waals surface area contributed by atoms with Crippen molar-refractivity contribution in [2.75, 3.05) is 13.7 Å². The number of esters is 1. The summed E-state index contributed by atoms with van der Waals surface area (Å²) in [5.74, 6) is 0.187. The molecule has 0 aliphatic rings. The van der Waals surface area contributed by atoms with Crippen LogP contribution in [0, 0.1) is 6.92 Å². The highest BCUT2D eigenvalue weighted by atomic mass is 16.5. The second-order valence-electron chi connectivity index (χ2n) is 3.83. The maximum absolute atomic E-state index is 11.5. The van der Waals surface area contributed by atoms with Gasteiger partial charge < -0.3 is 9.47 Å². The second-order valence-corrected chi connectivity index (χ2v) is 3.83. The molecule has 0 aliphatic heterocycles. The topological polar surface area (TPSA) is 66.2 Å². The molecule has 0 unspecified atom stereocenters. The zero-order valence-electron chi connectivity index (χ0n) is 11.1. The van der Waals surface area contributed by atoms with E-state index in [9.17, 15) is 4.79 Å². The van der Waals surface area contributed by atoms with E-state index >= 15 is 0 Å². The third-order valence-electron chi connectivity index (χ3n) is 2.67. The van der Waals surface area contributed by atoms with Gasteiger partial charge in [0.05, 0.1) is 19.4 Å². The van der Waals surface area contributed by atoms with Gasteiger partial charge in [-0.05, 0) is 26.0 Å². The number of benzene rings is 1. The Bertz CT molecular complexity index is 593. The van der Waals surface area contributed by atoms with E-state index in [1.807, 2.05) is 31.2 Å². The molecule has 0 saturated carbocycles. The minimum absolute atomic E-state index is 0.203. The molecule has 0 N–H and O–H groups in total.